The molecule has 0 spiro atoms. The minimum Gasteiger partial charge on any atom is -0.397 e. The van der Waals surface area contributed by atoms with Gasteiger partial charge in [0.05, 0.1) is 29.5 Å². The van der Waals surface area contributed by atoms with Crippen LogP contribution in [0.3, 0.4) is 0 Å². The zero-order chi connectivity index (χ0) is 23.5. The smallest absolute Gasteiger partial charge is 0.278 e. The highest BCUT2D eigenvalue weighted by Gasteiger charge is 2.28. The number of pyridine rings is 1. The number of aliphatic hydroxyl groups is 1. The first-order valence-corrected chi connectivity index (χ1v) is 10.9. The molecule has 3 N–H and O–H groups in total. The number of benzene rings is 1. The van der Waals surface area contributed by atoms with Crippen LogP contribution >= 0.6 is 0 Å². The molecule has 2 aromatic heterocycles. The van der Waals surface area contributed by atoms with Gasteiger partial charge in [-0.15, -0.1) is 5.10 Å². The maximum absolute atomic E-state index is 13.3. The van der Waals surface area contributed by atoms with Crippen LogP contribution < -0.4 is 11.3 Å². The average molecular weight is 449 g/mol. The van der Waals surface area contributed by atoms with Crippen LogP contribution in [0.4, 0.5) is 0 Å². The number of aliphatic hydroxyl groups excluding tert-OH is 1. The monoisotopic (exact) mass is 448 g/mol. The van der Waals surface area contributed by atoms with Crippen molar-refractivity contribution in [2.75, 3.05) is 20.3 Å². The van der Waals surface area contributed by atoms with Gasteiger partial charge in [-0.25, -0.2) is 4.68 Å². The van der Waals surface area contributed by atoms with Gasteiger partial charge in [-0.2, -0.15) is 0 Å². The molecule has 1 aromatic carbocycles. The van der Waals surface area contributed by atoms with Gasteiger partial charge in [0.15, 0.2) is 0 Å². The molecule has 0 saturated carbocycles. The molecule has 9 heteroatoms. The zero-order valence-corrected chi connectivity index (χ0v) is 19.0. The van der Waals surface area contributed by atoms with E-state index >= 15 is 0 Å². The molecule has 0 bridgehead atoms. The summed E-state index contributed by atoms with van der Waals surface area (Å²) in [4.78, 5) is 21.7. The topological polar surface area (TPSA) is 129 Å². The molecule has 0 aliphatic carbocycles. The van der Waals surface area contributed by atoms with E-state index in [0.29, 0.717) is 41.7 Å². The molecule has 1 saturated heterocycles. The summed E-state index contributed by atoms with van der Waals surface area (Å²) >= 11 is 0. The summed E-state index contributed by atoms with van der Waals surface area (Å²) in [6, 6.07) is 5.18. The summed E-state index contributed by atoms with van der Waals surface area (Å²) in [6.45, 7) is 4.66. The van der Waals surface area contributed by atoms with E-state index in [1.807, 2.05) is 32.0 Å². The van der Waals surface area contributed by atoms with Gasteiger partial charge < -0.3 is 15.6 Å². The van der Waals surface area contributed by atoms with E-state index in [4.69, 9.17) is 10.5 Å². The number of fused-ring (bicyclic) bond motifs is 1. The van der Waals surface area contributed by atoms with E-state index < -0.39 is 12.1 Å². The summed E-state index contributed by atoms with van der Waals surface area (Å²) in [5.74, 6) is 0. The maximum atomic E-state index is 13.3. The lowest BCUT2D eigenvalue weighted by Gasteiger charge is -2.27. The molecule has 0 amide bonds. The second-order valence-corrected chi connectivity index (χ2v) is 8.28. The van der Waals surface area contributed by atoms with Gasteiger partial charge in [-0.05, 0) is 67.2 Å². The quantitative estimate of drug-likeness (QED) is 0.569. The van der Waals surface area contributed by atoms with Crippen molar-refractivity contribution < 1.29 is 9.84 Å². The lowest BCUT2D eigenvalue weighted by molar-refractivity contribution is -0.0352. The molecular formula is C24H28N6O3. The Labute approximate surface area is 191 Å². The zero-order valence-electron chi connectivity index (χ0n) is 19.0. The summed E-state index contributed by atoms with van der Waals surface area (Å²) in [5, 5.41) is 19.3. The average Bonchev–Trinajstić information content (AvgIpc) is 2.82. The number of hydrogen-bond donors (Lipinski definition) is 2. The van der Waals surface area contributed by atoms with Crippen LogP contribution in [0.15, 0.2) is 40.3 Å². The Balaban J connectivity index is 1.70. The number of rotatable bonds is 5. The first-order valence-electron chi connectivity index (χ1n) is 10.9. The van der Waals surface area contributed by atoms with Crippen molar-refractivity contribution in [3.05, 3.63) is 68.8 Å². The molecule has 3 aromatic rings. The third-order valence-corrected chi connectivity index (χ3v) is 6.18. The first-order chi connectivity index (χ1) is 15.9. The number of aryl methyl sites for hydroxylation is 1. The third kappa shape index (κ3) is 4.55. The van der Waals surface area contributed by atoms with E-state index in [9.17, 15) is 9.90 Å². The van der Waals surface area contributed by atoms with Gasteiger partial charge in [0, 0.05) is 26.1 Å². The lowest BCUT2D eigenvalue weighted by Crippen LogP contribution is -2.41. The molecule has 33 heavy (non-hydrogen) atoms. The summed E-state index contributed by atoms with van der Waals surface area (Å²) < 4.78 is 6.71. The van der Waals surface area contributed by atoms with Crippen LogP contribution in [0, 0.1) is 13.8 Å². The molecule has 172 valence electrons. The van der Waals surface area contributed by atoms with Crippen molar-refractivity contribution in [1.29, 1.82) is 0 Å². The molecule has 1 aliphatic heterocycles. The van der Waals surface area contributed by atoms with Crippen LogP contribution in [0.1, 0.15) is 40.4 Å². The number of hydrogen-bond acceptors (Lipinski definition) is 8. The van der Waals surface area contributed by atoms with E-state index in [1.165, 1.54) is 4.68 Å². The van der Waals surface area contributed by atoms with Crippen molar-refractivity contribution in [2.24, 2.45) is 10.7 Å². The third-order valence-electron chi connectivity index (χ3n) is 6.18. The lowest BCUT2D eigenvalue weighted by atomic mass is 9.95. The summed E-state index contributed by atoms with van der Waals surface area (Å²) in [7, 11) is 1.68. The molecule has 4 rings (SSSR count). The van der Waals surface area contributed by atoms with Crippen molar-refractivity contribution in [3.8, 4) is 0 Å². The van der Waals surface area contributed by atoms with Crippen LogP contribution in [-0.4, -0.2) is 57.7 Å². The van der Waals surface area contributed by atoms with Crippen molar-refractivity contribution >= 4 is 22.8 Å². The summed E-state index contributed by atoms with van der Waals surface area (Å²) in [6.07, 6.45) is 5.50. The molecule has 3 heterocycles. The fourth-order valence-electron chi connectivity index (χ4n) is 4.03. The Kier molecular flexibility index (Phi) is 6.62. The number of aromatic nitrogens is 4. The van der Waals surface area contributed by atoms with Gasteiger partial charge >= 0.3 is 0 Å². The Bertz CT molecular complexity index is 1280. The number of nitrogens with two attached hydrogens (primary N) is 1. The minimum absolute atomic E-state index is 0.235. The fourth-order valence-corrected chi connectivity index (χ4v) is 4.03. The number of ether oxygens (including phenoxy) is 1. The molecule has 1 aliphatic rings. The Hall–Kier alpha value is -3.43. The first kappa shape index (κ1) is 22.8. The van der Waals surface area contributed by atoms with Gasteiger partial charge in [0.25, 0.3) is 5.56 Å². The highest BCUT2D eigenvalue weighted by Crippen LogP contribution is 2.25. The molecule has 9 nitrogen and oxygen atoms in total. The van der Waals surface area contributed by atoms with E-state index in [-0.39, 0.29) is 12.2 Å². The molecule has 0 unspecified atom stereocenters. The maximum Gasteiger partial charge on any atom is 0.278 e. The Morgan fingerprint density at radius 1 is 1.36 bits per heavy atom. The van der Waals surface area contributed by atoms with E-state index in [1.54, 1.807) is 25.5 Å². The normalized spacial score (nSPS) is 19.5. The predicted octanol–water partition coefficient (Wildman–Crippen LogP) is 1.72. The van der Waals surface area contributed by atoms with Gasteiger partial charge in [-0.1, -0.05) is 11.3 Å². The predicted molar refractivity (Wildman–Crippen MR) is 127 cm³/mol. The molecule has 1 fully saturated rings. The largest absolute Gasteiger partial charge is 0.397 e. The highest BCUT2D eigenvalue weighted by molar-refractivity contribution is 5.83. The standard InChI is InChI=1S/C24H28N6O3/c1-14-15(2)23-18(24(32)30(29-28-23)21-13-33-9-7-22(21)31)11-17(14)10-16-4-5-20(27-12-16)19(25)6-8-26-3/h4-6,8,11-12,21-22,31H,7,9-10,13,25H2,1-3H3/t21-,22-/m0/s1. The second kappa shape index (κ2) is 9.60. The number of aliphatic imine (C=N–C) groups is 1. The second-order valence-electron chi connectivity index (χ2n) is 8.28. The SMILES string of the molecule is CN=CC=C(N)c1ccc(Cc2cc3c(=O)n([C@H]4COCC[C@@H]4O)nnc3c(C)c2C)cn1. The van der Waals surface area contributed by atoms with Gasteiger partial charge in [-0.3, -0.25) is 14.8 Å². The molecule has 0 radical (unpaired) electrons. The number of nitrogens with zero attached hydrogens (tertiary/aromatic N) is 5. The van der Waals surface area contributed by atoms with Crippen LogP contribution in [0.5, 0.6) is 0 Å². The summed E-state index contributed by atoms with van der Waals surface area (Å²) in [5.41, 5.74) is 11.5. The van der Waals surface area contributed by atoms with Gasteiger partial charge in [0.2, 0.25) is 0 Å². The van der Waals surface area contributed by atoms with Crippen molar-refractivity contribution in [2.45, 2.75) is 38.8 Å². The van der Waals surface area contributed by atoms with Crippen LogP contribution in [0.25, 0.3) is 16.6 Å². The highest BCUT2D eigenvalue weighted by atomic mass is 16.5. The fraction of sp³-hybridized carbons (Fsp3) is 0.375. The van der Waals surface area contributed by atoms with Crippen molar-refractivity contribution in [1.82, 2.24) is 20.0 Å². The van der Waals surface area contributed by atoms with Crippen molar-refractivity contribution in [3.63, 3.8) is 0 Å². The van der Waals surface area contributed by atoms with Crippen LogP contribution in [-0.2, 0) is 11.2 Å². The van der Waals surface area contributed by atoms with Crippen LogP contribution in [0.2, 0.25) is 0 Å². The Morgan fingerprint density at radius 3 is 2.88 bits per heavy atom. The molecule has 2 atom stereocenters. The van der Waals surface area contributed by atoms with Gasteiger partial charge in [0.1, 0.15) is 11.6 Å². The minimum atomic E-state index is -0.691. The number of allylic oxidation sites excluding steroid dienone is 1. The van der Waals surface area contributed by atoms with E-state index in [2.05, 4.69) is 20.3 Å². The molecular weight excluding hydrogens is 420 g/mol. The van der Waals surface area contributed by atoms with E-state index in [0.717, 1.165) is 22.3 Å². The Morgan fingerprint density at radius 2 is 2.18 bits per heavy atom.